The molecule has 0 bridgehead atoms. The van der Waals surface area contributed by atoms with Crippen LogP contribution in [0, 0.1) is 0 Å². The Hall–Kier alpha value is -3.47. The Labute approximate surface area is 201 Å². The number of nitrogen functional groups attached to an aromatic ring is 1. The maximum atomic E-state index is 12.9. The molecular formula is C24H31F3N6O2. The largest absolute Gasteiger partial charge is 0.384 e. The summed E-state index contributed by atoms with van der Waals surface area (Å²) in [5, 5.41) is 6.42. The van der Waals surface area contributed by atoms with Gasteiger partial charge in [-0.1, -0.05) is 56.7 Å². The number of benzene rings is 1. The van der Waals surface area contributed by atoms with Gasteiger partial charge in [-0.3, -0.25) is 15.3 Å². The molecule has 1 unspecified atom stereocenters. The van der Waals surface area contributed by atoms with Crippen LogP contribution in [0.1, 0.15) is 74.7 Å². The van der Waals surface area contributed by atoms with Gasteiger partial charge in [-0.2, -0.15) is 5.10 Å². The van der Waals surface area contributed by atoms with Crippen LogP contribution in [0.5, 0.6) is 0 Å². The summed E-state index contributed by atoms with van der Waals surface area (Å²) in [7, 11) is 0. The molecule has 0 spiro atoms. The fraction of sp³-hybridized carbons (Fsp3) is 0.417. The second kappa shape index (κ2) is 12.8. The zero-order valence-corrected chi connectivity index (χ0v) is 19.8. The highest BCUT2D eigenvalue weighted by atomic mass is 19.3. The number of hydrogen-bond donors (Lipinski definition) is 3. The normalized spacial score (nSPS) is 14.7. The topological polar surface area (TPSA) is 128 Å². The van der Waals surface area contributed by atoms with Crippen molar-refractivity contribution in [2.24, 2.45) is 5.73 Å². The second-order valence-corrected chi connectivity index (χ2v) is 8.27. The van der Waals surface area contributed by atoms with Crippen molar-refractivity contribution in [1.29, 1.82) is 0 Å². The summed E-state index contributed by atoms with van der Waals surface area (Å²) in [6.07, 6.45) is 9.18. The van der Waals surface area contributed by atoms with Gasteiger partial charge in [0.1, 0.15) is 11.4 Å². The van der Waals surface area contributed by atoms with Gasteiger partial charge in [0.2, 0.25) is 5.79 Å². The van der Waals surface area contributed by atoms with Crippen LogP contribution in [-0.4, -0.2) is 32.1 Å². The number of amides is 1. The van der Waals surface area contributed by atoms with E-state index >= 15 is 0 Å². The van der Waals surface area contributed by atoms with Gasteiger partial charge < -0.3 is 11.1 Å². The monoisotopic (exact) mass is 492 g/mol. The SMILES string of the molecule is C1CCCCC1.CC(=O)C(C)(N)F.Nc1ccn2ncc(C(=O)Nc3ccccc3C(F)F)c2n1. The molecule has 1 aliphatic rings. The number of fused-ring (bicyclic) bond motifs is 1. The third kappa shape index (κ3) is 8.67. The molecule has 1 aromatic carbocycles. The van der Waals surface area contributed by atoms with Gasteiger partial charge in [-0.25, -0.2) is 22.7 Å². The Morgan fingerprint density at radius 3 is 2.14 bits per heavy atom. The third-order valence-corrected chi connectivity index (χ3v) is 5.27. The lowest BCUT2D eigenvalue weighted by molar-refractivity contribution is -0.126. The molecule has 190 valence electrons. The third-order valence-electron chi connectivity index (χ3n) is 5.27. The molecule has 1 fully saturated rings. The number of Topliss-reactive ketones (excluding diaryl/α,β-unsaturated/α-hetero) is 1. The summed E-state index contributed by atoms with van der Waals surface area (Å²) < 4.78 is 39.2. The quantitative estimate of drug-likeness (QED) is 0.437. The first kappa shape index (κ1) is 27.8. The summed E-state index contributed by atoms with van der Waals surface area (Å²) >= 11 is 0. The number of nitrogens with one attached hydrogen (secondary N) is 1. The van der Waals surface area contributed by atoms with E-state index in [1.54, 1.807) is 12.3 Å². The van der Waals surface area contributed by atoms with E-state index in [1.807, 2.05) is 0 Å². The van der Waals surface area contributed by atoms with Crippen molar-refractivity contribution in [2.75, 3.05) is 11.1 Å². The van der Waals surface area contributed by atoms with Crippen molar-refractivity contribution in [3.63, 3.8) is 0 Å². The first-order chi connectivity index (χ1) is 16.5. The molecule has 3 aromatic rings. The van der Waals surface area contributed by atoms with E-state index in [0.29, 0.717) is 0 Å². The molecule has 2 heterocycles. The van der Waals surface area contributed by atoms with E-state index in [1.165, 1.54) is 73.5 Å². The van der Waals surface area contributed by atoms with Gasteiger partial charge in [0.25, 0.3) is 12.3 Å². The van der Waals surface area contributed by atoms with E-state index in [0.717, 1.165) is 13.8 Å². The number of ketones is 1. The number of nitrogens with zero attached hydrogens (tertiary/aromatic N) is 3. The van der Waals surface area contributed by atoms with Crippen molar-refractivity contribution >= 4 is 28.8 Å². The summed E-state index contributed by atoms with van der Waals surface area (Å²) in [6, 6.07) is 7.25. The lowest BCUT2D eigenvalue weighted by Crippen LogP contribution is -2.37. The molecule has 0 radical (unpaired) electrons. The molecule has 2 aromatic heterocycles. The van der Waals surface area contributed by atoms with Crippen molar-refractivity contribution in [2.45, 2.75) is 64.6 Å². The number of anilines is 2. The highest BCUT2D eigenvalue weighted by Gasteiger charge is 2.21. The van der Waals surface area contributed by atoms with Gasteiger partial charge in [0, 0.05) is 17.4 Å². The molecule has 11 heteroatoms. The maximum absolute atomic E-state index is 12.9. The summed E-state index contributed by atoms with van der Waals surface area (Å²) in [5.41, 5.74) is 10.5. The fourth-order valence-electron chi connectivity index (χ4n) is 3.09. The molecule has 1 amide bonds. The Kier molecular flexibility index (Phi) is 10.2. The second-order valence-electron chi connectivity index (χ2n) is 8.27. The van der Waals surface area contributed by atoms with Crippen LogP contribution in [0.15, 0.2) is 42.7 Å². The molecular weight excluding hydrogens is 461 g/mol. The number of halogens is 3. The molecule has 1 aliphatic carbocycles. The van der Waals surface area contributed by atoms with Crippen LogP contribution in [0.4, 0.5) is 24.7 Å². The Morgan fingerprint density at radius 1 is 1.09 bits per heavy atom. The number of alkyl halides is 3. The predicted molar refractivity (Wildman–Crippen MR) is 129 cm³/mol. The first-order valence-corrected chi connectivity index (χ1v) is 11.3. The minimum Gasteiger partial charge on any atom is -0.384 e. The summed E-state index contributed by atoms with van der Waals surface area (Å²) in [4.78, 5) is 26.3. The molecule has 35 heavy (non-hydrogen) atoms. The summed E-state index contributed by atoms with van der Waals surface area (Å²) in [5.74, 6) is -3.14. The van der Waals surface area contributed by atoms with Gasteiger partial charge in [0.05, 0.1) is 6.20 Å². The van der Waals surface area contributed by atoms with Crippen molar-refractivity contribution in [3.8, 4) is 0 Å². The minimum absolute atomic E-state index is 0.0470. The van der Waals surface area contributed by atoms with Crippen LogP contribution in [0.25, 0.3) is 5.65 Å². The number of nitrogens with two attached hydrogens (primary N) is 2. The number of carbonyl (C=O) groups is 2. The van der Waals surface area contributed by atoms with Crippen LogP contribution in [-0.2, 0) is 4.79 Å². The lowest BCUT2D eigenvalue weighted by atomic mass is 10.0. The van der Waals surface area contributed by atoms with Gasteiger partial charge in [-0.05, 0) is 26.0 Å². The Morgan fingerprint density at radius 2 is 1.63 bits per heavy atom. The zero-order valence-electron chi connectivity index (χ0n) is 19.8. The smallest absolute Gasteiger partial charge is 0.265 e. The van der Waals surface area contributed by atoms with Gasteiger partial charge >= 0.3 is 0 Å². The molecule has 4 rings (SSSR count). The van der Waals surface area contributed by atoms with Gasteiger partial charge in [-0.15, -0.1) is 0 Å². The van der Waals surface area contributed by atoms with E-state index in [2.05, 4.69) is 21.1 Å². The van der Waals surface area contributed by atoms with Crippen molar-refractivity contribution in [3.05, 3.63) is 53.9 Å². The van der Waals surface area contributed by atoms with Crippen molar-refractivity contribution in [1.82, 2.24) is 14.6 Å². The average molecular weight is 493 g/mol. The standard InChI is InChI=1S/C14H11F2N5O.C6H12.C4H8FNO/c15-12(16)8-3-1-2-4-10(8)19-14(22)9-7-18-21-6-5-11(17)20-13(9)21;1-2-4-6-5-3-1;1-3(7)4(2,5)6/h1-7,12H,(H2,17,20)(H,19,22);1-6H2;6H2,1-2H3. The van der Waals surface area contributed by atoms with E-state index in [9.17, 15) is 22.8 Å². The maximum Gasteiger partial charge on any atom is 0.265 e. The number of para-hydroxylation sites is 1. The molecule has 1 saturated carbocycles. The number of hydrogen-bond acceptors (Lipinski definition) is 6. The average Bonchev–Trinajstić information content (AvgIpc) is 3.24. The van der Waals surface area contributed by atoms with Crippen LogP contribution in [0.2, 0.25) is 0 Å². The molecule has 0 saturated heterocycles. The van der Waals surface area contributed by atoms with E-state index in [4.69, 9.17) is 5.73 Å². The van der Waals surface area contributed by atoms with Crippen molar-refractivity contribution < 1.29 is 22.8 Å². The zero-order chi connectivity index (χ0) is 26.0. The molecule has 8 nitrogen and oxygen atoms in total. The molecule has 5 N–H and O–H groups in total. The Bertz CT molecular complexity index is 1110. The van der Waals surface area contributed by atoms with E-state index < -0.39 is 23.9 Å². The predicted octanol–water partition coefficient (Wildman–Crippen LogP) is 5.06. The minimum atomic E-state index is -2.69. The summed E-state index contributed by atoms with van der Waals surface area (Å²) in [6.45, 7) is 2.13. The number of carbonyl (C=O) groups excluding carboxylic acids is 2. The number of aromatic nitrogens is 3. The van der Waals surface area contributed by atoms with Crippen LogP contribution in [0.3, 0.4) is 0 Å². The number of rotatable bonds is 4. The Balaban J connectivity index is 0.000000272. The van der Waals surface area contributed by atoms with Crippen LogP contribution >= 0.6 is 0 Å². The lowest BCUT2D eigenvalue weighted by Gasteiger charge is -2.09. The fourth-order valence-corrected chi connectivity index (χ4v) is 3.09. The highest BCUT2D eigenvalue weighted by molar-refractivity contribution is 6.08. The highest BCUT2D eigenvalue weighted by Crippen LogP contribution is 2.27. The van der Waals surface area contributed by atoms with E-state index in [-0.39, 0.29) is 28.3 Å². The molecule has 1 atom stereocenters. The molecule has 0 aliphatic heterocycles. The first-order valence-electron chi connectivity index (χ1n) is 11.3. The van der Waals surface area contributed by atoms with Crippen LogP contribution < -0.4 is 16.8 Å². The van der Waals surface area contributed by atoms with Gasteiger partial charge in [0.15, 0.2) is 11.4 Å².